The Balaban J connectivity index is 0.000000166. The van der Waals surface area contributed by atoms with Crippen LogP contribution in [0.1, 0.15) is 70.5 Å². The van der Waals surface area contributed by atoms with Gasteiger partial charge in [0.05, 0.1) is 24.6 Å². The van der Waals surface area contributed by atoms with Crippen LogP contribution in [0.3, 0.4) is 0 Å². The van der Waals surface area contributed by atoms with Gasteiger partial charge in [0, 0.05) is 19.0 Å². The lowest BCUT2D eigenvalue weighted by Crippen LogP contribution is -2.36. The maximum absolute atomic E-state index is 13.9. The number of aliphatic hydroxyl groups excluding tert-OH is 1. The summed E-state index contributed by atoms with van der Waals surface area (Å²) in [6, 6.07) is 0.589. The van der Waals surface area contributed by atoms with Crippen molar-refractivity contribution >= 4 is 6.01 Å². The first-order valence-electron chi connectivity index (χ1n) is 11.9. The van der Waals surface area contributed by atoms with Crippen molar-refractivity contribution in [1.82, 2.24) is 29.9 Å². The zero-order chi connectivity index (χ0) is 23.9. The van der Waals surface area contributed by atoms with Crippen LogP contribution in [0.15, 0.2) is 29.6 Å². The van der Waals surface area contributed by atoms with Gasteiger partial charge in [-0.2, -0.15) is 10.1 Å². The van der Waals surface area contributed by atoms with Crippen molar-refractivity contribution in [1.29, 1.82) is 0 Å². The van der Waals surface area contributed by atoms with Gasteiger partial charge in [-0.15, -0.1) is 0 Å². The molecule has 0 unspecified atom stereocenters. The SMILES string of the molecule is CC(C)c1noc(N2CCC(O)CC2)n1.Fc1cncc(-n2cncn2)c1OC1CCCCC1. The highest BCUT2D eigenvalue weighted by atomic mass is 19.1. The molecule has 1 saturated heterocycles. The summed E-state index contributed by atoms with van der Waals surface area (Å²) < 4.78 is 26.4. The van der Waals surface area contributed by atoms with Crippen LogP contribution in [0.25, 0.3) is 5.69 Å². The van der Waals surface area contributed by atoms with Crippen LogP contribution >= 0.6 is 0 Å². The predicted molar refractivity (Wildman–Crippen MR) is 122 cm³/mol. The van der Waals surface area contributed by atoms with E-state index in [2.05, 4.69) is 25.2 Å². The molecule has 1 aliphatic carbocycles. The number of hydrogen-bond acceptors (Lipinski definition) is 9. The molecule has 1 N–H and O–H groups in total. The molecule has 0 atom stereocenters. The van der Waals surface area contributed by atoms with Crippen LogP contribution in [-0.4, -0.2) is 60.3 Å². The number of pyridine rings is 1. The van der Waals surface area contributed by atoms with Crippen molar-refractivity contribution in [2.75, 3.05) is 18.0 Å². The van der Waals surface area contributed by atoms with Gasteiger partial charge in [0.2, 0.25) is 0 Å². The third kappa shape index (κ3) is 6.07. The molecule has 2 aliphatic rings. The van der Waals surface area contributed by atoms with Crippen molar-refractivity contribution in [3.8, 4) is 11.4 Å². The molecule has 10 nitrogen and oxygen atoms in total. The average Bonchev–Trinajstić information content (AvgIpc) is 3.55. The highest BCUT2D eigenvalue weighted by Gasteiger charge is 2.22. The quantitative estimate of drug-likeness (QED) is 0.592. The maximum atomic E-state index is 13.9. The second-order valence-electron chi connectivity index (χ2n) is 9.00. The predicted octanol–water partition coefficient (Wildman–Crippen LogP) is 3.67. The standard InChI is InChI=1S/C13H15FN4O.C10H17N3O2/c14-11-6-15-7-12(18-9-16-8-17-18)13(11)19-10-4-2-1-3-5-10;1-7(2)9-11-10(15-12-9)13-5-3-8(14)4-6-13/h6-10H,1-5H2;7-8,14H,3-6H2,1-2H3. The lowest BCUT2D eigenvalue weighted by Gasteiger charge is -2.27. The van der Waals surface area contributed by atoms with Gasteiger partial charge >= 0.3 is 6.01 Å². The number of ether oxygens (including phenoxy) is 1. The molecular formula is C23H32FN7O3. The molecule has 0 radical (unpaired) electrons. The first kappa shape index (κ1) is 24.1. The van der Waals surface area contributed by atoms with Crippen LogP contribution in [0.4, 0.5) is 10.4 Å². The van der Waals surface area contributed by atoms with E-state index in [1.165, 1.54) is 36.2 Å². The largest absolute Gasteiger partial charge is 0.485 e. The van der Waals surface area contributed by atoms with E-state index in [4.69, 9.17) is 9.26 Å². The molecule has 11 heteroatoms. The average molecular weight is 474 g/mol. The van der Waals surface area contributed by atoms with Gasteiger partial charge in [0.25, 0.3) is 0 Å². The van der Waals surface area contributed by atoms with Crippen LogP contribution in [0.2, 0.25) is 0 Å². The summed E-state index contributed by atoms with van der Waals surface area (Å²) in [5, 5.41) is 17.3. The molecule has 0 bridgehead atoms. The highest BCUT2D eigenvalue weighted by Crippen LogP contribution is 2.29. The minimum atomic E-state index is -0.460. The molecule has 0 aromatic carbocycles. The monoisotopic (exact) mass is 473 g/mol. The smallest absolute Gasteiger partial charge is 0.324 e. The number of anilines is 1. The molecule has 5 rings (SSSR count). The minimum absolute atomic E-state index is 0.0768. The van der Waals surface area contributed by atoms with E-state index in [9.17, 15) is 9.50 Å². The molecule has 1 aliphatic heterocycles. The Morgan fingerprint density at radius 3 is 2.50 bits per heavy atom. The summed E-state index contributed by atoms with van der Waals surface area (Å²) in [4.78, 5) is 14.1. The first-order valence-corrected chi connectivity index (χ1v) is 11.9. The summed E-state index contributed by atoms with van der Waals surface area (Å²) >= 11 is 0. The van der Waals surface area contributed by atoms with E-state index in [-0.39, 0.29) is 23.9 Å². The zero-order valence-electron chi connectivity index (χ0n) is 19.7. The van der Waals surface area contributed by atoms with E-state index in [1.807, 2.05) is 18.7 Å². The van der Waals surface area contributed by atoms with E-state index < -0.39 is 5.82 Å². The molecule has 3 aromatic rings. The van der Waals surface area contributed by atoms with Gasteiger partial charge in [-0.3, -0.25) is 4.98 Å². The van der Waals surface area contributed by atoms with E-state index in [0.29, 0.717) is 11.7 Å². The number of halogens is 1. The third-order valence-corrected chi connectivity index (χ3v) is 6.02. The molecule has 34 heavy (non-hydrogen) atoms. The van der Waals surface area contributed by atoms with Crippen molar-refractivity contribution in [2.24, 2.45) is 0 Å². The van der Waals surface area contributed by atoms with Gasteiger partial charge in [0.1, 0.15) is 18.3 Å². The van der Waals surface area contributed by atoms with E-state index in [1.54, 1.807) is 0 Å². The number of aliphatic hydroxyl groups is 1. The van der Waals surface area contributed by atoms with Crippen molar-refractivity contribution in [3.05, 3.63) is 36.7 Å². The summed E-state index contributed by atoms with van der Waals surface area (Å²) in [7, 11) is 0. The zero-order valence-corrected chi connectivity index (χ0v) is 19.7. The molecule has 1 saturated carbocycles. The van der Waals surface area contributed by atoms with Crippen molar-refractivity contribution in [3.63, 3.8) is 0 Å². The van der Waals surface area contributed by atoms with Gasteiger partial charge in [-0.1, -0.05) is 25.4 Å². The first-order chi connectivity index (χ1) is 16.5. The minimum Gasteiger partial charge on any atom is -0.485 e. The summed E-state index contributed by atoms with van der Waals surface area (Å²) in [5.41, 5.74) is 0.489. The normalized spacial score (nSPS) is 17.5. The number of aromatic nitrogens is 6. The summed E-state index contributed by atoms with van der Waals surface area (Å²) in [5.74, 6) is 0.792. The Morgan fingerprint density at radius 2 is 1.85 bits per heavy atom. The molecule has 184 valence electrons. The second-order valence-corrected chi connectivity index (χ2v) is 9.00. The Kier molecular flexibility index (Phi) is 8.04. The van der Waals surface area contributed by atoms with Gasteiger partial charge < -0.3 is 19.3 Å². The second kappa shape index (κ2) is 11.4. The third-order valence-electron chi connectivity index (χ3n) is 6.02. The van der Waals surface area contributed by atoms with Crippen molar-refractivity contribution < 1.29 is 18.8 Å². The fourth-order valence-corrected chi connectivity index (χ4v) is 4.02. The summed E-state index contributed by atoms with van der Waals surface area (Å²) in [6.45, 7) is 5.66. The van der Waals surface area contributed by atoms with Crippen LogP contribution < -0.4 is 9.64 Å². The van der Waals surface area contributed by atoms with Gasteiger partial charge in [-0.25, -0.2) is 14.1 Å². The maximum Gasteiger partial charge on any atom is 0.324 e. The molecular weight excluding hydrogens is 441 g/mol. The van der Waals surface area contributed by atoms with Crippen LogP contribution in [0, 0.1) is 5.82 Å². The topological polar surface area (TPSA) is 115 Å². The number of rotatable bonds is 5. The molecule has 0 amide bonds. The lowest BCUT2D eigenvalue weighted by atomic mass is 9.98. The molecule has 2 fully saturated rings. The number of hydrogen-bond donors (Lipinski definition) is 1. The Labute approximate surface area is 198 Å². The van der Waals surface area contributed by atoms with Gasteiger partial charge in [-0.05, 0) is 38.5 Å². The highest BCUT2D eigenvalue weighted by molar-refractivity contribution is 5.44. The number of piperidine rings is 1. The Bertz CT molecular complexity index is 1010. The van der Waals surface area contributed by atoms with Crippen LogP contribution in [-0.2, 0) is 0 Å². The van der Waals surface area contributed by atoms with Gasteiger partial charge in [0.15, 0.2) is 17.4 Å². The fourth-order valence-electron chi connectivity index (χ4n) is 4.02. The van der Waals surface area contributed by atoms with E-state index >= 15 is 0 Å². The van der Waals surface area contributed by atoms with Crippen LogP contribution in [0.5, 0.6) is 5.75 Å². The fraction of sp³-hybridized carbons (Fsp3) is 0.609. The lowest BCUT2D eigenvalue weighted by molar-refractivity contribution is 0.143. The Hall–Kier alpha value is -3.08. The molecule has 3 aromatic heterocycles. The van der Waals surface area contributed by atoms with E-state index in [0.717, 1.165) is 57.4 Å². The Morgan fingerprint density at radius 1 is 1.09 bits per heavy atom. The number of nitrogens with zero attached hydrogens (tertiary/aromatic N) is 7. The molecule has 0 spiro atoms. The van der Waals surface area contributed by atoms with Crippen molar-refractivity contribution in [2.45, 2.75) is 76.9 Å². The molecule has 4 heterocycles. The summed E-state index contributed by atoms with van der Waals surface area (Å²) in [6.07, 6.45) is 12.5.